The van der Waals surface area contributed by atoms with Crippen LogP contribution in [0.15, 0.2) is 74.8 Å². The van der Waals surface area contributed by atoms with Gasteiger partial charge in [-0.1, -0.05) is 53.2 Å². The Morgan fingerprint density at radius 3 is 2.48 bits per heavy atom. The zero-order valence-corrected chi connectivity index (χ0v) is 18.9. The molecule has 0 aliphatic carbocycles. The summed E-state index contributed by atoms with van der Waals surface area (Å²) in [7, 11) is 0. The van der Waals surface area contributed by atoms with E-state index in [4.69, 9.17) is 14.8 Å². The number of nitrogens with zero attached hydrogens (tertiary/aromatic N) is 2. The van der Waals surface area contributed by atoms with E-state index in [2.05, 4.69) is 62.1 Å². The van der Waals surface area contributed by atoms with Crippen molar-refractivity contribution in [3.8, 4) is 11.8 Å². The molecule has 0 unspecified atom stereocenters. The average molecular weight is 514 g/mol. The van der Waals surface area contributed by atoms with Crippen LogP contribution in [-0.4, -0.2) is 6.21 Å². The standard InChI is InChI=1S/C23H18Br2N2O2/c1-16-5-4-6-17(9-16)14-28-23-21(24)10-18(11-22(23)25)13-27-29-15-20-8-3-2-7-19(20)12-26/h2-11,13H,14-15H2,1H3/b27-13-. The van der Waals surface area contributed by atoms with Crippen molar-refractivity contribution in [3.63, 3.8) is 0 Å². The van der Waals surface area contributed by atoms with E-state index >= 15 is 0 Å². The molecule has 0 radical (unpaired) electrons. The van der Waals surface area contributed by atoms with Gasteiger partial charge in [-0.3, -0.25) is 0 Å². The minimum Gasteiger partial charge on any atom is -0.487 e. The molecule has 0 N–H and O–H groups in total. The molecular weight excluding hydrogens is 496 g/mol. The smallest absolute Gasteiger partial charge is 0.148 e. The SMILES string of the molecule is Cc1cccc(COc2c(Br)cc(/C=N\OCc3ccccc3C#N)cc2Br)c1. The van der Waals surface area contributed by atoms with Crippen LogP contribution in [0.1, 0.15) is 27.8 Å². The molecule has 3 aromatic carbocycles. The lowest BCUT2D eigenvalue weighted by molar-refractivity contribution is 0.132. The second-order valence-corrected chi connectivity index (χ2v) is 8.08. The van der Waals surface area contributed by atoms with Gasteiger partial charge in [0.05, 0.1) is 26.8 Å². The summed E-state index contributed by atoms with van der Waals surface area (Å²) in [6.07, 6.45) is 1.62. The summed E-state index contributed by atoms with van der Waals surface area (Å²) in [6.45, 7) is 2.78. The predicted octanol–water partition coefficient (Wildman–Crippen LogP) is 6.52. The van der Waals surface area contributed by atoms with Gasteiger partial charge in [0.15, 0.2) is 0 Å². The van der Waals surface area contributed by atoms with Crippen LogP contribution in [0.4, 0.5) is 0 Å². The first kappa shape index (κ1) is 21.1. The summed E-state index contributed by atoms with van der Waals surface area (Å²) in [6, 6.07) is 21.5. The van der Waals surface area contributed by atoms with Crippen molar-refractivity contribution in [3.05, 3.63) is 97.4 Å². The van der Waals surface area contributed by atoms with E-state index in [1.807, 2.05) is 42.5 Å². The lowest BCUT2D eigenvalue weighted by Crippen LogP contribution is -1.98. The number of oxime groups is 1. The Bertz CT molecular complexity index is 1050. The zero-order valence-electron chi connectivity index (χ0n) is 15.7. The molecule has 0 aliphatic heterocycles. The maximum absolute atomic E-state index is 9.10. The topological polar surface area (TPSA) is 54.6 Å². The molecule has 0 heterocycles. The normalized spacial score (nSPS) is 10.7. The maximum atomic E-state index is 9.10. The Kier molecular flexibility index (Phi) is 7.45. The highest BCUT2D eigenvalue weighted by molar-refractivity contribution is 9.11. The Morgan fingerprint density at radius 2 is 1.76 bits per heavy atom. The van der Waals surface area contributed by atoms with Gasteiger partial charge in [0, 0.05) is 5.56 Å². The van der Waals surface area contributed by atoms with Crippen molar-refractivity contribution in [2.75, 3.05) is 0 Å². The molecule has 0 spiro atoms. The number of benzene rings is 3. The largest absolute Gasteiger partial charge is 0.487 e. The molecule has 3 rings (SSSR count). The Balaban J connectivity index is 1.62. The van der Waals surface area contributed by atoms with E-state index in [0.717, 1.165) is 31.4 Å². The number of hydrogen-bond donors (Lipinski definition) is 0. The third-order valence-corrected chi connectivity index (χ3v) is 5.30. The van der Waals surface area contributed by atoms with Crippen molar-refractivity contribution in [2.45, 2.75) is 20.1 Å². The number of aryl methyl sites for hydroxylation is 1. The molecule has 0 atom stereocenters. The van der Waals surface area contributed by atoms with Crippen LogP contribution in [0.25, 0.3) is 0 Å². The molecule has 0 bridgehead atoms. The molecular formula is C23H18Br2N2O2. The highest BCUT2D eigenvalue weighted by Crippen LogP contribution is 2.35. The summed E-state index contributed by atoms with van der Waals surface area (Å²) >= 11 is 7.11. The maximum Gasteiger partial charge on any atom is 0.148 e. The van der Waals surface area contributed by atoms with Crippen molar-refractivity contribution < 1.29 is 9.57 Å². The number of nitriles is 1. The van der Waals surface area contributed by atoms with E-state index in [1.54, 1.807) is 12.3 Å². The van der Waals surface area contributed by atoms with E-state index in [-0.39, 0.29) is 6.61 Å². The van der Waals surface area contributed by atoms with Crippen molar-refractivity contribution in [2.24, 2.45) is 5.16 Å². The van der Waals surface area contributed by atoms with Crippen LogP contribution in [0.2, 0.25) is 0 Å². The first-order valence-corrected chi connectivity index (χ1v) is 10.5. The third-order valence-electron chi connectivity index (χ3n) is 4.12. The van der Waals surface area contributed by atoms with E-state index < -0.39 is 0 Å². The highest BCUT2D eigenvalue weighted by Gasteiger charge is 2.09. The average Bonchev–Trinajstić information content (AvgIpc) is 2.71. The summed E-state index contributed by atoms with van der Waals surface area (Å²) in [4.78, 5) is 5.35. The molecule has 0 saturated carbocycles. The van der Waals surface area contributed by atoms with Crippen molar-refractivity contribution >= 4 is 38.1 Å². The molecule has 3 aromatic rings. The fourth-order valence-electron chi connectivity index (χ4n) is 2.71. The Labute approximate surface area is 187 Å². The van der Waals surface area contributed by atoms with E-state index in [1.165, 1.54) is 5.56 Å². The lowest BCUT2D eigenvalue weighted by Gasteiger charge is -2.11. The van der Waals surface area contributed by atoms with Gasteiger partial charge >= 0.3 is 0 Å². The molecule has 6 heteroatoms. The lowest BCUT2D eigenvalue weighted by atomic mass is 10.1. The quantitative estimate of drug-likeness (QED) is 0.267. The van der Waals surface area contributed by atoms with Gasteiger partial charge in [-0.15, -0.1) is 0 Å². The molecule has 146 valence electrons. The van der Waals surface area contributed by atoms with Gasteiger partial charge in [0.2, 0.25) is 0 Å². The molecule has 0 fully saturated rings. The molecule has 4 nitrogen and oxygen atoms in total. The molecule has 0 aliphatic rings. The van der Waals surface area contributed by atoms with Gasteiger partial charge in [-0.25, -0.2) is 0 Å². The third kappa shape index (κ3) is 5.93. The van der Waals surface area contributed by atoms with Gasteiger partial charge in [-0.05, 0) is 68.1 Å². The first-order chi connectivity index (χ1) is 14.1. The van der Waals surface area contributed by atoms with Crippen LogP contribution in [-0.2, 0) is 18.1 Å². The van der Waals surface area contributed by atoms with Gasteiger partial charge < -0.3 is 9.57 Å². The summed E-state index contributed by atoms with van der Waals surface area (Å²) < 4.78 is 7.60. The van der Waals surface area contributed by atoms with Gasteiger partial charge in [0.25, 0.3) is 0 Å². The van der Waals surface area contributed by atoms with Crippen molar-refractivity contribution in [1.29, 1.82) is 5.26 Å². The molecule has 0 aromatic heterocycles. The van der Waals surface area contributed by atoms with E-state index in [0.29, 0.717) is 12.2 Å². The fourth-order valence-corrected chi connectivity index (χ4v) is 4.16. The van der Waals surface area contributed by atoms with Crippen LogP contribution in [0.5, 0.6) is 5.75 Å². The number of halogens is 2. The monoisotopic (exact) mass is 512 g/mol. The van der Waals surface area contributed by atoms with Crippen LogP contribution in [0.3, 0.4) is 0 Å². The molecule has 0 saturated heterocycles. The van der Waals surface area contributed by atoms with Crippen LogP contribution >= 0.6 is 31.9 Å². The number of rotatable bonds is 7. The van der Waals surface area contributed by atoms with Gasteiger partial charge in [0.1, 0.15) is 19.0 Å². The predicted molar refractivity (Wildman–Crippen MR) is 121 cm³/mol. The van der Waals surface area contributed by atoms with Gasteiger partial charge in [-0.2, -0.15) is 5.26 Å². The Morgan fingerprint density at radius 1 is 1.00 bits per heavy atom. The highest BCUT2D eigenvalue weighted by atomic mass is 79.9. The second kappa shape index (κ2) is 10.2. The van der Waals surface area contributed by atoms with E-state index in [9.17, 15) is 0 Å². The summed E-state index contributed by atoms with van der Waals surface area (Å²) in [5, 5.41) is 13.1. The zero-order chi connectivity index (χ0) is 20.6. The minimum atomic E-state index is 0.236. The Hall–Kier alpha value is -2.62. The number of ether oxygens (including phenoxy) is 1. The summed E-state index contributed by atoms with van der Waals surface area (Å²) in [5.74, 6) is 0.729. The minimum absolute atomic E-state index is 0.236. The molecule has 29 heavy (non-hydrogen) atoms. The summed E-state index contributed by atoms with van der Waals surface area (Å²) in [5.41, 5.74) is 4.55. The van der Waals surface area contributed by atoms with Crippen LogP contribution in [0, 0.1) is 18.3 Å². The number of hydrogen-bond acceptors (Lipinski definition) is 4. The molecule has 0 amide bonds. The first-order valence-electron chi connectivity index (χ1n) is 8.87. The van der Waals surface area contributed by atoms with Crippen LogP contribution < -0.4 is 4.74 Å². The second-order valence-electron chi connectivity index (χ2n) is 6.37. The van der Waals surface area contributed by atoms with Crippen molar-refractivity contribution in [1.82, 2.24) is 0 Å². The fraction of sp³-hybridized carbons (Fsp3) is 0.130.